The molecule has 1 radical (unpaired) electrons. The van der Waals surface area contributed by atoms with Crippen molar-refractivity contribution in [3.63, 3.8) is 0 Å². The molecule has 0 fully saturated rings. The summed E-state index contributed by atoms with van der Waals surface area (Å²) in [7, 11) is -1.22. The van der Waals surface area contributed by atoms with Crippen LogP contribution in [0.5, 0.6) is 0 Å². The Balaban J connectivity index is 0.000000161. The maximum absolute atomic E-state index is 14.3. The standard InChI is InChI=1S/C27H14F3NO.C14H17NSi.C11H9N.Ir/c28-22-11-10-18(25(29)26(22)30)16-8-9-19-20-6-3-7-21(27(20)32-24(19)13-16)23-12-15-4-1-2-5-17(15)14-31-23;1-16(2,3)13-9-10-14(15-11-13)12-7-5-4-6-8-12;1-2-6-10(7-3-1)11-8-4-5-9-12-11;/h1-14H;4-11H,1-3H3;1-9H;. The van der Waals surface area contributed by atoms with Gasteiger partial charge in [0.1, 0.15) is 11.2 Å². The van der Waals surface area contributed by atoms with Crippen molar-refractivity contribution in [1.82, 2.24) is 15.0 Å². The molecule has 6 aromatic carbocycles. The largest absolute Gasteiger partial charge is 0.455 e. The summed E-state index contributed by atoms with van der Waals surface area (Å²) in [6.07, 6.45) is 5.67. The SMILES string of the molecule is C[Si](C)(C)c1ccc(-c2ccccc2)nc1.Fc1ccc(-c2ccc3c(c2)oc2c(-c4cc5ccccc5cn4)cccc23)c(F)c1F.[Ir].c1ccc(-c2ccccn2)cc1. The summed E-state index contributed by atoms with van der Waals surface area (Å²) in [6, 6.07) is 53.8. The molecule has 0 saturated carbocycles. The van der Waals surface area contributed by atoms with Crippen molar-refractivity contribution in [3.05, 3.63) is 206 Å². The molecule has 0 bridgehead atoms. The maximum Gasteiger partial charge on any atom is 0.195 e. The van der Waals surface area contributed by atoms with Crippen molar-refractivity contribution in [2.75, 3.05) is 0 Å². The van der Waals surface area contributed by atoms with E-state index >= 15 is 0 Å². The minimum absolute atomic E-state index is 0. The molecule has 4 nitrogen and oxygen atoms in total. The van der Waals surface area contributed by atoms with Crippen LogP contribution in [0.1, 0.15) is 0 Å². The summed E-state index contributed by atoms with van der Waals surface area (Å²) in [5, 5.41) is 5.26. The van der Waals surface area contributed by atoms with Crippen LogP contribution in [0.2, 0.25) is 19.6 Å². The van der Waals surface area contributed by atoms with Crippen LogP contribution in [0.15, 0.2) is 193 Å². The van der Waals surface area contributed by atoms with E-state index in [1.165, 1.54) is 16.8 Å². The molecule has 0 aliphatic carbocycles. The number of furan rings is 1. The summed E-state index contributed by atoms with van der Waals surface area (Å²) in [6.45, 7) is 7.02. The van der Waals surface area contributed by atoms with E-state index < -0.39 is 25.5 Å². The number of hydrogen-bond donors (Lipinski definition) is 0. The van der Waals surface area contributed by atoms with Gasteiger partial charge in [0, 0.05) is 77.1 Å². The summed E-state index contributed by atoms with van der Waals surface area (Å²) in [5.41, 5.74) is 7.61. The van der Waals surface area contributed by atoms with Crippen LogP contribution in [0.25, 0.3) is 77.6 Å². The quantitative estimate of drug-likeness (QED) is 0.127. The number of halogens is 3. The molecule has 0 amide bonds. The van der Waals surface area contributed by atoms with Crippen LogP contribution in [0.3, 0.4) is 0 Å². The molecule has 61 heavy (non-hydrogen) atoms. The van der Waals surface area contributed by atoms with Crippen molar-refractivity contribution in [3.8, 4) is 44.9 Å². The number of para-hydroxylation sites is 1. The van der Waals surface area contributed by atoms with E-state index in [4.69, 9.17) is 4.42 Å². The van der Waals surface area contributed by atoms with Crippen molar-refractivity contribution < 1.29 is 37.7 Å². The minimum atomic E-state index is -1.49. The maximum atomic E-state index is 14.3. The van der Waals surface area contributed by atoms with E-state index in [1.54, 1.807) is 18.2 Å². The van der Waals surface area contributed by atoms with E-state index in [9.17, 15) is 13.2 Å². The third-order valence-electron chi connectivity index (χ3n) is 10.2. The Morgan fingerprint density at radius 3 is 1.77 bits per heavy atom. The van der Waals surface area contributed by atoms with Gasteiger partial charge in [-0.05, 0) is 70.7 Å². The van der Waals surface area contributed by atoms with Crippen molar-refractivity contribution in [1.29, 1.82) is 0 Å². The molecular formula is C52H40F3IrN3OSi. The van der Waals surface area contributed by atoms with Crippen molar-refractivity contribution in [2.45, 2.75) is 19.6 Å². The number of fused-ring (bicyclic) bond motifs is 4. The minimum Gasteiger partial charge on any atom is -0.455 e. The Bertz CT molecular complexity index is 3010. The first-order valence-corrected chi connectivity index (χ1v) is 23.1. The van der Waals surface area contributed by atoms with Crippen LogP contribution < -0.4 is 5.19 Å². The topological polar surface area (TPSA) is 51.8 Å². The van der Waals surface area contributed by atoms with Crippen LogP contribution in [-0.4, -0.2) is 23.0 Å². The fraction of sp³-hybridized carbons (Fsp3) is 0.0577. The van der Waals surface area contributed by atoms with Gasteiger partial charge in [-0.3, -0.25) is 15.0 Å². The van der Waals surface area contributed by atoms with Crippen LogP contribution in [0.4, 0.5) is 13.2 Å². The first-order chi connectivity index (χ1) is 29.1. The number of hydrogen-bond acceptors (Lipinski definition) is 4. The number of aromatic nitrogens is 3. The fourth-order valence-corrected chi connectivity index (χ4v) is 7.94. The Kier molecular flexibility index (Phi) is 13.1. The molecule has 303 valence electrons. The zero-order valence-electron chi connectivity index (χ0n) is 33.6. The molecule has 0 aliphatic rings. The van der Waals surface area contributed by atoms with Gasteiger partial charge in [0.2, 0.25) is 0 Å². The third-order valence-corrected chi connectivity index (χ3v) is 12.2. The molecule has 0 N–H and O–H groups in total. The van der Waals surface area contributed by atoms with Crippen LogP contribution in [0, 0.1) is 17.5 Å². The smallest absolute Gasteiger partial charge is 0.195 e. The molecule has 0 saturated heterocycles. The van der Waals surface area contributed by atoms with E-state index in [2.05, 4.69) is 71.0 Å². The molecule has 0 atom stereocenters. The molecule has 0 aliphatic heterocycles. The van der Waals surface area contributed by atoms with E-state index in [-0.39, 0.29) is 25.7 Å². The molecule has 10 rings (SSSR count). The molecule has 0 unspecified atom stereocenters. The first-order valence-electron chi connectivity index (χ1n) is 19.6. The number of nitrogens with zero attached hydrogens (tertiary/aromatic N) is 3. The van der Waals surface area contributed by atoms with Gasteiger partial charge in [-0.1, -0.05) is 135 Å². The zero-order chi connectivity index (χ0) is 41.6. The number of benzene rings is 6. The van der Waals surface area contributed by atoms with Gasteiger partial charge in [0.25, 0.3) is 0 Å². The van der Waals surface area contributed by atoms with Crippen LogP contribution in [-0.2, 0) is 20.1 Å². The Morgan fingerprint density at radius 2 is 1.11 bits per heavy atom. The zero-order valence-corrected chi connectivity index (χ0v) is 37.0. The molecule has 0 spiro atoms. The van der Waals surface area contributed by atoms with Crippen molar-refractivity contribution >= 4 is 46.0 Å². The Morgan fingerprint density at radius 1 is 0.459 bits per heavy atom. The molecular weight excluding hydrogens is 960 g/mol. The van der Waals surface area contributed by atoms with E-state index in [1.807, 2.05) is 122 Å². The summed E-state index contributed by atoms with van der Waals surface area (Å²) in [5.74, 6) is -3.93. The normalized spacial score (nSPS) is 11.0. The van der Waals surface area contributed by atoms with Gasteiger partial charge in [-0.25, -0.2) is 13.2 Å². The first kappa shape index (κ1) is 42.6. The summed E-state index contributed by atoms with van der Waals surface area (Å²) < 4.78 is 47.5. The Hall–Kier alpha value is -6.51. The average Bonchev–Trinajstić information content (AvgIpc) is 3.67. The second-order valence-corrected chi connectivity index (χ2v) is 20.3. The number of pyridine rings is 3. The predicted molar refractivity (Wildman–Crippen MR) is 242 cm³/mol. The van der Waals surface area contributed by atoms with Gasteiger partial charge in [-0.15, -0.1) is 0 Å². The van der Waals surface area contributed by atoms with Crippen LogP contribution >= 0.6 is 0 Å². The van der Waals surface area contributed by atoms with E-state index in [0.717, 1.165) is 55.8 Å². The van der Waals surface area contributed by atoms with Gasteiger partial charge < -0.3 is 4.42 Å². The molecule has 4 heterocycles. The van der Waals surface area contributed by atoms with Gasteiger partial charge in [0.15, 0.2) is 17.5 Å². The number of rotatable bonds is 5. The Labute approximate surface area is 367 Å². The fourth-order valence-electron chi connectivity index (χ4n) is 6.91. The van der Waals surface area contributed by atoms with Gasteiger partial charge >= 0.3 is 0 Å². The van der Waals surface area contributed by atoms with Gasteiger partial charge in [-0.2, -0.15) is 0 Å². The second kappa shape index (κ2) is 18.8. The molecule has 4 aromatic heterocycles. The van der Waals surface area contributed by atoms with E-state index in [0.29, 0.717) is 16.7 Å². The van der Waals surface area contributed by atoms with Crippen molar-refractivity contribution in [2.24, 2.45) is 0 Å². The summed E-state index contributed by atoms with van der Waals surface area (Å²) in [4.78, 5) is 13.4. The average molecular weight is 1000 g/mol. The third kappa shape index (κ3) is 9.61. The second-order valence-electron chi connectivity index (χ2n) is 15.3. The van der Waals surface area contributed by atoms with Gasteiger partial charge in [0.05, 0.1) is 25.2 Å². The summed E-state index contributed by atoms with van der Waals surface area (Å²) >= 11 is 0. The monoisotopic (exact) mass is 1000 g/mol. The predicted octanol–water partition coefficient (Wildman–Crippen LogP) is 13.9. The molecule has 10 aromatic rings. The molecule has 9 heteroatoms.